The third-order valence-corrected chi connectivity index (χ3v) is 3.51. The van der Waals surface area contributed by atoms with E-state index in [1.165, 1.54) is 23.9 Å². The first-order valence-corrected chi connectivity index (χ1v) is 6.86. The molecule has 0 saturated carbocycles. The predicted octanol–water partition coefficient (Wildman–Crippen LogP) is 3.38. The molecule has 0 aliphatic carbocycles. The van der Waals surface area contributed by atoms with E-state index < -0.39 is 0 Å². The molecule has 0 atom stereocenters. The lowest BCUT2D eigenvalue weighted by molar-refractivity contribution is 0.319. The Labute approximate surface area is 115 Å². The first-order valence-electron chi connectivity index (χ1n) is 5.87. The molecule has 4 nitrogen and oxygen atoms in total. The molecule has 1 heterocycles. The summed E-state index contributed by atoms with van der Waals surface area (Å²) >= 11 is 1.39. The Hall–Kier alpha value is -1.56. The molecule has 1 aromatic heterocycles. The maximum absolute atomic E-state index is 13.1. The standard InChI is InChI=1S/C13H16FN3OS/c1-13(2,3)12-16-11(17-18-12)7-19-10-6-8(14)4-5-9(10)15/h4-6H,7,15H2,1-3H3. The third kappa shape index (κ3) is 3.47. The molecule has 0 radical (unpaired) electrons. The summed E-state index contributed by atoms with van der Waals surface area (Å²) in [5, 5.41) is 3.91. The molecule has 0 bridgehead atoms. The summed E-state index contributed by atoms with van der Waals surface area (Å²) in [7, 11) is 0. The zero-order chi connectivity index (χ0) is 14.0. The quantitative estimate of drug-likeness (QED) is 0.690. The minimum absolute atomic E-state index is 0.173. The van der Waals surface area contributed by atoms with Crippen molar-refractivity contribution >= 4 is 17.4 Å². The van der Waals surface area contributed by atoms with Gasteiger partial charge in [-0.3, -0.25) is 0 Å². The highest BCUT2D eigenvalue weighted by Crippen LogP contribution is 2.29. The fourth-order valence-corrected chi connectivity index (χ4v) is 2.23. The number of anilines is 1. The second kappa shape index (κ2) is 5.21. The average Bonchev–Trinajstić information content (AvgIpc) is 2.79. The Kier molecular flexibility index (Phi) is 3.80. The summed E-state index contributed by atoms with van der Waals surface area (Å²) in [4.78, 5) is 5.00. The van der Waals surface area contributed by atoms with E-state index in [2.05, 4.69) is 10.1 Å². The van der Waals surface area contributed by atoms with Crippen molar-refractivity contribution in [2.75, 3.05) is 5.73 Å². The molecule has 0 amide bonds. The van der Waals surface area contributed by atoms with Crippen molar-refractivity contribution in [3.05, 3.63) is 35.7 Å². The van der Waals surface area contributed by atoms with Gasteiger partial charge < -0.3 is 10.3 Å². The molecule has 6 heteroatoms. The van der Waals surface area contributed by atoms with E-state index in [0.717, 1.165) is 0 Å². The Morgan fingerprint density at radius 1 is 1.37 bits per heavy atom. The van der Waals surface area contributed by atoms with Crippen LogP contribution in [0.25, 0.3) is 0 Å². The van der Waals surface area contributed by atoms with E-state index in [1.807, 2.05) is 20.8 Å². The van der Waals surface area contributed by atoms with Crippen LogP contribution in [-0.4, -0.2) is 10.1 Å². The molecular formula is C13H16FN3OS. The van der Waals surface area contributed by atoms with Crippen molar-refractivity contribution in [2.24, 2.45) is 0 Å². The van der Waals surface area contributed by atoms with Crippen LogP contribution in [0.1, 0.15) is 32.5 Å². The minimum Gasteiger partial charge on any atom is -0.398 e. The number of hydrogen-bond acceptors (Lipinski definition) is 5. The summed E-state index contributed by atoms with van der Waals surface area (Å²) < 4.78 is 18.3. The van der Waals surface area contributed by atoms with Gasteiger partial charge in [0.25, 0.3) is 0 Å². The van der Waals surface area contributed by atoms with Gasteiger partial charge in [0, 0.05) is 16.0 Å². The van der Waals surface area contributed by atoms with Crippen molar-refractivity contribution in [3.63, 3.8) is 0 Å². The largest absolute Gasteiger partial charge is 0.398 e. The van der Waals surface area contributed by atoms with Gasteiger partial charge in [-0.05, 0) is 18.2 Å². The number of aromatic nitrogens is 2. The van der Waals surface area contributed by atoms with Crippen LogP contribution in [0.3, 0.4) is 0 Å². The molecule has 0 unspecified atom stereocenters. The number of rotatable bonds is 3. The van der Waals surface area contributed by atoms with E-state index in [9.17, 15) is 4.39 Å². The van der Waals surface area contributed by atoms with Crippen molar-refractivity contribution in [1.82, 2.24) is 10.1 Å². The zero-order valence-electron chi connectivity index (χ0n) is 11.1. The van der Waals surface area contributed by atoms with Gasteiger partial charge in [-0.1, -0.05) is 25.9 Å². The molecule has 0 aliphatic rings. The highest BCUT2D eigenvalue weighted by molar-refractivity contribution is 7.98. The van der Waals surface area contributed by atoms with E-state index in [4.69, 9.17) is 10.3 Å². The molecule has 1 aromatic carbocycles. The number of nitrogens with zero attached hydrogens (tertiary/aromatic N) is 2. The molecule has 2 rings (SSSR count). The Bertz CT molecular complexity index is 578. The van der Waals surface area contributed by atoms with Crippen LogP contribution >= 0.6 is 11.8 Å². The number of halogens is 1. The van der Waals surface area contributed by atoms with E-state index in [-0.39, 0.29) is 11.2 Å². The van der Waals surface area contributed by atoms with E-state index >= 15 is 0 Å². The summed E-state index contributed by atoms with van der Waals surface area (Å²) in [5.41, 5.74) is 6.15. The first kappa shape index (κ1) is 13.9. The predicted molar refractivity (Wildman–Crippen MR) is 73.4 cm³/mol. The topological polar surface area (TPSA) is 64.9 Å². The van der Waals surface area contributed by atoms with Crippen molar-refractivity contribution < 1.29 is 8.91 Å². The molecule has 2 N–H and O–H groups in total. The van der Waals surface area contributed by atoms with Crippen LogP contribution in [0.4, 0.5) is 10.1 Å². The first-order chi connectivity index (χ1) is 8.86. The molecule has 102 valence electrons. The lowest BCUT2D eigenvalue weighted by atomic mass is 9.97. The van der Waals surface area contributed by atoms with Crippen LogP contribution in [0.5, 0.6) is 0 Å². The maximum Gasteiger partial charge on any atom is 0.232 e. The zero-order valence-corrected chi connectivity index (χ0v) is 11.9. The summed E-state index contributed by atoms with van der Waals surface area (Å²) in [5.74, 6) is 1.36. The van der Waals surface area contributed by atoms with Gasteiger partial charge in [0.15, 0.2) is 5.82 Å². The summed E-state index contributed by atoms with van der Waals surface area (Å²) in [6.45, 7) is 6.01. The van der Waals surface area contributed by atoms with Crippen molar-refractivity contribution in [2.45, 2.75) is 36.8 Å². The SMILES string of the molecule is CC(C)(C)c1nc(CSc2cc(F)ccc2N)no1. The fourth-order valence-electron chi connectivity index (χ4n) is 1.39. The lowest BCUT2D eigenvalue weighted by Crippen LogP contribution is -2.11. The number of benzene rings is 1. The molecule has 0 fully saturated rings. The average molecular weight is 281 g/mol. The van der Waals surface area contributed by atoms with Gasteiger partial charge in [-0.25, -0.2) is 4.39 Å². The van der Waals surface area contributed by atoms with E-state index in [0.29, 0.717) is 28.1 Å². The second-order valence-electron chi connectivity index (χ2n) is 5.24. The fraction of sp³-hybridized carbons (Fsp3) is 0.385. The molecule has 2 aromatic rings. The molecule has 19 heavy (non-hydrogen) atoms. The number of thioether (sulfide) groups is 1. The van der Waals surface area contributed by atoms with Gasteiger partial charge in [0.1, 0.15) is 5.82 Å². The smallest absolute Gasteiger partial charge is 0.232 e. The monoisotopic (exact) mass is 281 g/mol. The highest BCUT2D eigenvalue weighted by Gasteiger charge is 2.21. The summed E-state index contributed by atoms with van der Waals surface area (Å²) in [6.07, 6.45) is 0. The molecule has 0 spiro atoms. The normalized spacial score (nSPS) is 11.8. The molecule has 0 aliphatic heterocycles. The number of nitrogen functional groups attached to an aromatic ring is 1. The molecular weight excluding hydrogens is 265 g/mol. The summed E-state index contributed by atoms with van der Waals surface area (Å²) in [6, 6.07) is 4.30. The van der Waals surface area contributed by atoms with Gasteiger partial charge in [-0.2, -0.15) is 4.98 Å². The maximum atomic E-state index is 13.1. The van der Waals surface area contributed by atoms with Crippen LogP contribution in [0.2, 0.25) is 0 Å². The van der Waals surface area contributed by atoms with Gasteiger partial charge in [-0.15, -0.1) is 11.8 Å². The number of nitrogens with two attached hydrogens (primary N) is 1. The van der Waals surface area contributed by atoms with Crippen molar-refractivity contribution in [3.8, 4) is 0 Å². The molecule has 0 saturated heterocycles. The Balaban J connectivity index is 2.06. The van der Waals surface area contributed by atoms with Crippen molar-refractivity contribution in [1.29, 1.82) is 0 Å². The van der Waals surface area contributed by atoms with Crippen LogP contribution in [0, 0.1) is 5.82 Å². The van der Waals surface area contributed by atoms with Gasteiger partial charge in [0.2, 0.25) is 5.89 Å². The van der Waals surface area contributed by atoms with Crippen LogP contribution < -0.4 is 5.73 Å². The van der Waals surface area contributed by atoms with Crippen LogP contribution in [0.15, 0.2) is 27.6 Å². The third-order valence-electron chi connectivity index (χ3n) is 2.44. The Morgan fingerprint density at radius 3 is 2.74 bits per heavy atom. The number of hydrogen-bond donors (Lipinski definition) is 1. The second-order valence-corrected chi connectivity index (χ2v) is 6.25. The Morgan fingerprint density at radius 2 is 2.11 bits per heavy atom. The lowest BCUT2D eigenvalue weighted by Gasteiger charge is -2.10. The minimum atomic E-state index is -0.305. The highest BCUT2D eigenvalue weighted by atomic mass is 32.2. The van der Waals surface area contributed by atoms with Crippen LogP contribution in [-0.2, 0) is 11.2 Å². The van der Waals surface area contributed by atoms with E-state index in [1.54, 1.807) is 6.07 Å². The van der Waals surface area contributed by atoms with Gasteiger partial charge in [0.05, 0.1) is 5.75 Å². The van der Waals surface area contributed by atoms with Gasteiger partial charge >= 0.3 is 0 Å².